The van der Waals surface area contributed by atoms with E-state index in [-0.39, 0.29) is 55.8 Å². The molecule has 0 radical (unpaired) electrons. The highest BCUT2D eigenvalue weighted by Gasteiger charge is 2.45. The highest BCUT2D eigenvalue weighted by atomic mass is 16.6. The number of allylic oxidation sites excluding steroid dienone is 1. The lowest BCUT2D eigenvalue weighted by Gasteiger charge is -2.36. The summed E-state index contributed by atoms with van der Waals surface area (Å²) >= 11 is 0. The molecule has 4 amide bonds. The zero-order valence-corrected chi connectivity index (χ0v) is 36.1. The van der Waals surface area contributed by atoms with E-state index >= 15 is 0 Å². The number of carbonyl (C=O) groups excluding carboxylic acids is 7. The largest absolute Gasteiger partial charge is 0.478 e. The molecule has 0 spiro atoms. The first-order chi connectivity index (χ1) is 29.3. The monoisotopic (exact) mass is 867 g/mol. The summed E-state index contributed by atoms with van der Waals surface area (Å²) in [6.07, 6.45) is 10.7. The van der Waals surface area contributed by atoms with Crippen LogP contribution in [0.3, 0.4) is 0 Å². The summed E-state index contributed by atoms with van der Waals surface area (Å²) in [6.45, 7) is 4.58. The molecule has 1 aliphatic heterocycles. The number of methoxy groups -OCH3 is 1. The number of aromatic carboxylic acids is 1. The van der Waals surface area contributed by atoms with E-state index in [9.17, 15) is 53.6 Å². The van der Waals surface area contributed by atoms with E-state index in [4.69, 9.17) is 10.5 Å². The fraction of sp³-hybridized carbons (Fsp3) is 0.636. The summed E-state index contributed by atoms with van der Waals surface area (Å²) < 4.78 is 10.3. The molecule has 18 nitrogen and oxygen atoms in total. The van der Waals surface area contributed by atoms with Gasteiger partial charge >= 0.3 is 11.9 Å². The highest BCUT2D eigenvalue weighted by Crippen LogP contribution is 2.34. The van der Waals surface area contributed by atoms with Crippen LogP contribution in [0.15, 0.2) is 30.4 Å². The minimum absolute atomic E-state index is 0.00707. The van der Waals surface area contributed by atoms with Crippen LogP contribution in [0.2, 0.25) is 0 Å². The van der Waals surface area contributed by atoms with Gasteiger partial charge in [-0.25, -0.2) is 9.59 Å². The van der Waals surface area contributed by atoms with Crippen molar-refractivity contribution in [3.8, 4) is 0 Å². The number of non-ortho nitro benzene ring substituents is 1. The molecule has 2 aliphatic carbocycles. The van der Waals surface area contributed by atoms with E-state index in [0.717, 1.165) is 75.6 Å². The van der Waals surface area contributed by atoms with Crippen LogP contribution in [0, 0.1) is 39.2 Å². The number of primary amides is 1. The van der Waals surface area contributed by atoms with Crippen molar-refractivity contribution in [3.05, 3.63) is 51.6 Å². The smallest absolute Gasteiger partial charge is 0.336 e. The number of nitrogens with zero attached hydrogens (tertiary/aromatic N) is 2. The van der Waals surface area contributed by atoms with Gasteiger partial charge < -0.3 is 35.8 Å². The number of nitro benzene ring substituents is 1. The minimum Gasteiger partial charge on any atom is -0.478 e. The third-order valence-electron chi connectivity index (χ3n) is 12.3. The molecule has 3 fully saturated rings. The molecule has 4 rings (SSSR count). The normalized spacial score (nSPS) is 19.5. The maximum Gasteiger partial charge on any atom is 0.336 e. The molecule has 1 saturated heterocycles. The first-order valence-corrected chi connectivity index (χ1v) is 21.4. The number of benzene rings is 1. The van der Waals surface area contributed by atoms with E-state index < -0.39 is 99.3 Å². The predicted molar refractivity (Wildman–Crippen MR) is 223 cm³/mol. The number of carboxylic acids is 1. The molecule has 5 N–H and O–H groups in total. The summed E-state index contributed by atoms with van der Waals surface area (Å²) in [5, 5.41) is 26.8. The lowest BCUT2D eigenvalue weighted by atomic mass is 9.75. The Hall–Kier alpha value is -5.52. The number of carboxylic acid groups (broad SMARTS) is 1. The number of ketones is 2. The van der Waals surface area contributed by atoms with Crippen LogP contribution in [0.5, 0.6) is 0 Å². The van der Waals surface area contributed by atoms with Crippen molar-refractivity contribution in [2.75, 3.05) is 20.4 Å². The van der Waals surface area contributed by atoms with Crippen LogP contribution in [0.4, 0.5) is 5.69 Å². The number of esters is 1. The molecular weight excluding hydrogens is 807 g/mol. The van der Waals surface area contributed by atoms with Gasteiger partial charge in [-0.15, -0.1) is 0 Å². The maximum atomic E-state index is 14.5. The topological polar surface area (TPSA) is 272 Å². The lowest BCUT2D eigenvalue weighted by Crippen LogP contribution is -2.60. The molecule has 62 heavy (non-hydrogen) atoms. The number of amides is 4. The fourth-order valence-electron chi connectivity index (χ4n) is 8.78. The Morgan fingerprint density at radius 1 is 0.952 bits per heavy atom. The quantitative estimate of drug-likeness (QED) is 0.0466. The van der Waals surface area contributed by atoms with Gasteiger partial charge in [-0.05, 0) is 61.8 Å². The van der Waals surface area contributed by atoms with Crippen molar-refractivity contribution in [2.24, 2.45) is 34.8 Å². The molecule has 1 heterocycles. The molecule has 1 aromatic rings. The molecule has 2 saturated carbocycles. The third kappa shape index (κ3) is 13.2. The Balaban J connectivity index is 1.57. The minimum atomic E-state index is -1.59. The number of nitrogens with two attached hydrogens (primary N) is 1. The van der Waals surface area contributed by atoms with Crippen molar-refractivity contribution < 1.29 is 57.9 Å². The predicted octanol–water partition coefficient (Wildman–Crippen LogP) is 4.41. The molecule has 0 unspecified atom stereocenters. The van der Waals surface area contributed by atoms with Gasteiger partial charge in [-0.2, -0.15) is 0 Å². The summed E-state index contributed by atoms with van der Waals surface area (Å²) in [7, 11) is 1.18. The van der Waals surface area contributed by atoms with Crippen molar-refractivity contribution in [2.45, 2.75) is 129 Å². The summed E-state index contributed by atoms with van der Waals surface area (Å²) in [5.41, 5.74) is 3.33. The van der Waals surface area contributed by atoms with Gasteiger partial charge in [-0.3, -0.25) is 38.9 Å². The van der Waals surface area contributed by atoms with Gasteiger partial charge in [0.1, 0.15) is 18.8 Å². The van der Waals surface area contributed by atoms with Crippen molar-refractivity contribution in [1.82, 2.24) is 15.5 Å². The van der Waals surface area contributed by atoms with E-state index in [1.54, 1.807) is 20.8 Å². The number of nitrogens with one attached hydrogen (secondary N) is 2. The van der Waals surface area contributed by atoms with Crippen LogP contribution in [-0.4, -0.2) is 101 Å². The van der Waals surface area contributed by atoms with Gasteiger partial charge in [0.25, 0.3) is 5.69 Å². The van der Waals surface area contributed by atoms with E-state index in [1.807, 2.05) is 0 Å². The Bertz CT molecular complexity index is 1880. The number of nitro groups is 1. The number of carbonyl (C=O) groups is 8. The maximum absolute atomic E-state index is 14.5. The number of rotatable bonds is 20. The number of hydrogen-bond acceptors (Lipinski definition) is 12. The SMILES string of the molecule is COC(=O)/C=C/CC[C@H](CC(=O)c1ccc([N+](=O)[O-])cc1C(=O)O)C(=O)N[C@H](C(=O)N1COC[C@H]1C(=O)N[C@H](C(=O)C[C@H](C(N)=O)C1CCCCC1)C1CCCCC1)C(C)(C)C. The molecule has 18 heteroatoms. The van der Waals surface area contributed by atoms with Crippen molar-refractivity contribution in [3.63, 3.8) is 0 Å². The Morgan fingerprint density at radius 3 is 2.15 bits per heavy atom. The first-order valence-electron chi connectivity index (χ1n) is 21.4. The second-order valence-electron chi connectivity index (χ2n) is 17.7. The second-order valence-corrected chi connectivity index (χ2v) is 17.7. The second kappa shape index (κ2) is 22.5. The Labute approximate surface area is 361 Å². The molecule has 0 aromatic heterocycles. The average Bonchev–Trinajstić information content (AvgIpc) is 3.74. The van der Waals surface area contributed by atoms with Gasteiger partial charge in [0.05, 0.1) is 30.2 Å². The highest BCUT2D eigenvalue weighted by molar-refractivity contribution is 6.07. The number of ether oxygens (including phenoxy) is 2. The lowest BCUT2D eigenvalue weighted by molar-refractivity contribution is -0.384. The molecule has 1 aromatic carbocycles. The van der Waals surface area contributed by atoms with Crippen LogP contribution in [-0.2, 0) is 38.2 Å². The first kappa shape index (κ1) is 49.1. The number of hydrogen-bond donors (Lipinski definition) is 4. The zero-order chi connectivity index (χ0) is 45.7. The van der Waals surface area contributed by atoms with Gasteiger partial charge in [0.2, 0.25) is 23.6 Å². The molecule has 0 bridgehead atoms. The summed E-state index contributed by atoms with van der Waals surface area (Å²) in [5.74, 6) is -7.93. The average molecular weight is 868 g/mol. The molecular formula is C44H61N5O13. The zero-order valence-electron chi connectivity index (χ0n) is 36.1. The van der Waals surface area contributed by atoms with Crippen molar-refractivity contribution >= 4 is 52.8 Å². The van der Waals surface area contributed by atoms with Gasteiger partial charge in [0.15, 0.2) is 11.6 Å². The standard InChI is InChI=1S/C44H61N5O13/c1-44(2,3)38(47-40(54)28(17-11-12-18-36(52)61-4)21-34(50)30-20-19-29(49(59)60)22-32(30)43(57)58)42(56)48-25-62-24-33(48)41(55)46-37(27-15-9-6-10-16-27)35(51)23-31(39(45)53)26-13-7-5-8-14-26/h12,18-20,22,26-28,31,33,37-38H,5-11,13-17,21,23-25H2,1-4H3,(H2,45,53)(H,46,55)(H,47,54)(H,57,58)/b18-12+/t28-,31+,33+,37+,38-/m1/s1. The van der Waals surface area contributed by atoms with Gasteiger partial charge in [-0.1, -0.05) is 65.4 Å². The summed E-state index contributed by atoms with van der Waals surface area (Å²) in [6, 6.07) is -0.624. The van der Waals surface area contributed by atoms with E-state index in [0.29, 0.717) is 12.8 Å². The van der Waals surface area contributed by atoms with Crippen LogP contribution in [0.25, 0.3) is 0 Å². The van der Waals surface area contributed by atoms with Crippen LogP contribution in [0.1, 0.15) is 131 Å². The van der Waals surface area contributed by atoms with Crippen LogP contribution < -0.4 is 16.4 Å². The van der Waals surface area contributed by atoms with E-state index in [1.165, 1.54) is 18.1 Å². The fourth-order valence-corrected chi connectivity index (χ4v) is 8.78. The van der Waals surface area contributed by atoms with Crippen LogP contribution >= 0.6 is 0 Å². The van der Waals surface area contributed by atoms with Gasteiger partial charge in [0, 0.05) is 48.4 Å². The van der Waals surface area contributed by atoms with Crippen molar-refractivity contribution in [1.29, 1.82) is 0 Å². The Kier molecular flexibility index (Phi) is 17.9. The summed E-state index contributed by atoms with van der Waals surface area (Å²) in [4.78, 5) is 119. The molecule has 3 aliphatic rings. The molecule has 5 atom stereocenters. The van der Waals surface area contributed by atoms with E-state index in [2.05, 4.69) is 15.4 Å². The molecule has 340 valence electrons. The third-order valence-corrected chi connectivity index (χ3v) is 12.3. The Morgan fingerprint density at radius 2 is 1.58 bits per heavy atom. The number of Topliss-reactive ketones (excluding diaryl/α,β-unsaturated/α-hetero) is 2.